The zero-order valence-electron chi connectivity index (χ0n) is 15.8. The quantitative estimate of drug-likeness (QED) is 0.684. The predicted octanol–water partition coefficient (Wildman–Crippen LogP) is 2.08. The SMILES string of the molecule is O=c1onc(-c2ccccc2)n1C[C@H](O)CN1CCO[C@@H](c2ccc(F)cc2)C1. The summed E-state index contributed by atoms with van der Waals surface area (Å²) < 4.78 is 25.1. The minimum atomic E-state index is -0.790. The molecule has 1 aliphatic rings. The minimum Gasteiger partial charge on any atom is -0.390 e. The summed E-state index contributed by atoms with van der Waals surface area (Å²) in [6.07, 6.45) is -0.976. The number of rotatable bonds is 6. The van der Waals surface area contributed by atoms with Crippen molar-refractivity contribution in [1.29, 1.82) is 0 Å². The number of β-amino-alcohol motifs (C(OH)–C–C–N with tert-alkyl or cyclic N) is 1. The van der Waals surface area contributed by atoms with Crippen LogP contribution in [0.4, 0.5) is 4.39 Å². The lowest BCUT2D eigenvalue weighted by molar-refractivity contribution is -0.0435. The molecule has 2 atom stereocenters. The van der Waals surface area contributed by atoms with Crippen LogP contribution in [0, 0.1) is 5.82 Å². The van der Waals surface area contributed by atoms with Gasteiger partial charge in [0.2, 0.25) is 0 Å². The van der Waals surface area contributed by atoms with Crippen molar-refractivity contribution < 1.29 is 18.8 Å². The molecule has 1 saturated heterocycles. The Bertz CT molecular complexity index is 987. The highest BCUT2D eigenvalue weighted by Gasteiger charge is 2.25. The fraction of sp³-hybridized carbons (Fsp3) is 0.333. The monoisotopic (exact) mass is 399 g/mol. The summed E-state index contributed by atoms with van der Waals surface area (Å²) in [5.74, 6) is -0.500. The van der Waals surface area contributed by atoms with Gasteiger partial charge in [0.1, 0.15) is 5.82 Å². The van der Waals surface area contributed by atoms with E-state index < -0.39 is 11.9 Å². The van der Waals surface area contributed by atoms with Crippen LogP contribution in [-0.2, 0) is 11.3 Å². The molecule has 1 fully saturated rings. The fourth-order valence-corrected chi connectivity index (χ4v) is 3.54. The Labute approximate surface area is 166 Å². The molecule has 0 saturated carbocycles. The second-order valence-corrected chi connectivity index (χ2v) is 7.07. The van der Waals surface area contributed by atoms with Gasteiger partial charge in [0.15, 0.2) is 5.82 Å². The number of morpholine rings is 1. The first-order valence-electron chi connectivity index (χ1n) is 9.49. The molecule has 1 aliphatic heterocycles. The Morgan fingerprint density at radius 1 is 1.14 bits per heavy atom. The Morgan fingerprint density at radius 3 is 2.66 bits per heavy atom. The van der Waals surface area contributed by atoms with Crippen LogP contribution in [0.3, 0.4) is 0 Å². The number of halogens is 1. The molecule has 7 nitrogen and oxygen atoms in total. The normalized spacial score (nSPS) is 18.6. The van der Waals surface area contributed by atoms with Gasteiger partial charge in [-0.25, -0.2) is 9.18 Å². The maximum absolute atomic E-state index is 13.1. The molecule has 2 heterocycles. The number of aliphatic hydroxyl groups excluding tert-OH is 1. The average Bonchev–Trinajstić information content (AvgIpc) is 3.09. The maximum atomic E-state index is 13.1. The molecule has 1 aromatic heterocycles. The molecular formula is C21H22FN3O4. The van der Waals surface area contributed by atoms with E-state index in [0.29, 0.717) is 32.1 Å². The molecule has 29 heavy (non-hydrogen) atoms. The minimum absolute atomic E-state index is 0.0745. The molecule has 0 amide bonds. The van der Waals surface area contributed by atoms with Crippen LogP contribution in [0.15, 0.2) is 63.9 Å². The lowest BCUT2D eigenvalue weighted by Gasteiger charge is -2.34. The van der Waals surface area contributed by atoms with Crippen molar-refractivity contribution in [3.05, 3.63) is 76.5 Å². The molecular weight excluding hydrogens is 377 g/mol. The number of aromatic nitrogens is 2. The van der Waals surface area contributed by atoms with E-state index in [9.17, 15) is 14.3 Å². The molecule has 3 aromatic rings. The van der Waals surface area contributed by atoms with E-state index in [2.05, 4.69) is 10.1 Å². The highest BCUT2D eigenvalue weighted by molar-refractivity contribution is 5.54. The lowest BCUT2D eigenvalue weighted by atomic mass is 10.1. The van der Waals surface area contributed by atoms with Crippen LogP contribution in [0.5, 0.6) is 0 Å². The lowest BCUT2D eigenvalue weighted by Crippen LogP contribution is -2.43. The molecule has 4 rings (SSSR count). The van der Waals surface area contributed by atoms with Gasteiger partial charge < -0.3 is 9.84 Å². The van der Waals surface area contributed by atoms with Gasteiger partial charge in [0.25, 0.3) is 0 Å². The van der Waals surface area contributed by atoms with E-state index in [-0.39, 0.29) is 18.5 Å². The summed E-state index contributed by atoms with van der Waals surface area (Å²) in [6, 6.07) is 15.5. The third-order valence-electron chi connectivity index (χ3n) is 4.97. The van der Waals surface area contributed by atoms with Crippen LogP contribution in [-0.4, -0.2) is 52.1 Å². The molecule has 0 radical (unpaired) electrons. The van der Waals surface area contributed by atoms with E-state index in [1.807, 2.05) is 30.3 Å². The third-order valence-corrected chi connectivity index (χ3v) is 4.97. The van der Waals surface area contributed by atoms with Crippen LogP contribution >= 0.6 is 0 Å². The average molecular weight is 399 g/mol. The maximum Gasteiger partial charge on any atom is 0.441 e. The number of hydrogen-bond donors (Lipinski definition) is 1. The fourth-order valence-electron chi connectivity index (χ4n) is 3.54. The van der Waals surface area contributed by atoms with Crippen molar-refractivity contribution in [2.75, 3.05) is 26.2 Å². The summed E-state index contributed by atoms with van der Waals surface area (Å²) in [6.45, 7) is 2.20. The number of nitrogens with zero attached hydrogens (tertiary/aromatic N) is 3. The number of benzene rings is 2. The molecule has 0 aliphatic carbocycles. The van der Waals surface area contributed by atoms with Gasteiger partial charge in [-0.05, 0) is 17.7 Å². The first-order chi connectivity index (χ1) is 14.1. The molecule has 1 N–H and O–H groups in total. The van der Waals surface area contributed by atoms with Gasteiger partial charge in [0.05, 0.1) is 25.4 Å². The second-order valence-electron chi connectivity index (χ2n) is 7.07. The topological polar surface area (TPSA) is 80.7 Å². The summed E-state index contributed by atoms with van der Waals surface area (Å²) in [4.78, 5) is 14.1. The van der Waals surface area contributed by atoms with Crippen molar-refractivity contribution >= 4 is 0 Å². The largest absolute Gasteiger partial charge is 0.441 e. The molecule has 0 spiro atoms. The van der Waals surface area contributed by atoms with Crippen molar-refractivity contribution in [2.24, 2.45) is 0 Å². The highest BCUT2D eigenvalue weighted by atomic mass is 19.1. The number of aliphatic hydroxyl groups is 1. The van der Waals surface area contributed by atoms with Gasteiger partial charge in [-0.15, -0.1) is 0 Å². The predicted molar refractivity (Wildman–Crippen MR) is 104 cm³/mol. The van der Waals surface area contributed by atoms with Gasteiger partial charge >= 0.3 is 5.76 Å². The molecule has 0 bridgehead atoms. The zero-order chi connectivity index (χ0) is 20.2. The van der Waals surface area contributed by atoms with E-state index >= 15 is 0 Å². The first kappa shape index (κ1) is 19.5. The van der Waals surface area contributed by atoms with Crippen molar-refractivity contribution in [3.63, 3.8) is 0 Å². The van der Waals surface area contributed by atoms with Crippen LogP contribution in [0.2, 0.25) is 0 Å². The van der Waals surface area contributed by atoms with Crippen LogP contribution in [0.1, 0.15) is 11.7 Å². The van der Waals surface area contributed by atoms with Crippen molar-refractivity contribution in [1.82, 2.24) is 14.6 Å². The second kappa shape index (κ2) is 8.69. The third kappa shape index (κ3) is 4.61. The molecule has 152 valence electrons. The Kier molecular flexibility index (Phi) is 5.84. The number of ether oxygens (including phenoxy) is 1. The van der Waals surface area contributed by atoms with E-state index in [1.54, 1.807) is 12.1 Å². The van der Waals surface area contributed by atoms with Crippen molar-refractivity contribution in [2.45, 2.75) is 18.8 Å². The van der Waals surface area contributed by atoms with Gasteiger partial charge in [0, 0.05) is 25.2 Å². The zero-order valence-corrected chi connectivity index (χ0v) is 15.8. The van der Waals surface area contributed by atoms with Gasteiger partial charge in [-0.1, -0.05) is 47.6 Å². The summed E-state index contributed by atoms with van der Waals surface area (Å²) in [5.41, 5.74) is 1.64. The standard InChI is InChI=1S/C21H22FN3O4/c22-17-8-6-15(7-9-17)19-14-24(10-11-28-19)12-18(26)13-25-20(23-29-21(25)27)16-4-2-1-3-5-16/h1-9,18-19,26H,10-14H2/t18-,19-/m1/s1. The van der Waals surface area contributed by atoms with Crippen LogP contribution in [0.25, 0.3) is 11.4 Å². The highest BCUT2D eigenvalue weighted by Crippen LogP contribution is 2.23. The smallest absolute Gasteiger partial charge is 0.390 e. The Hall–Kier alpha value is -2.81. The van der Waals surface area contributed by atoms with Crippen molar-refractivity contribution in [3.8, 4) is 11.4 Å². The molecule has 2 aromatic carbocycles. The Balaban J connectivity index is 1.41. The summed E-state index contributed by atoms with van der Waals surface area (Å²) in [5, 5.41) is 14.4. The van der Waals surface area contributed by atoms with E-state index in [1.165, 1.54) is 16.7 Å². The molecule has 8 heteroatoms. The first-order valence-corrected chi connectivity index (χ1v) is 9.49. The Morgan fingerprint density at radius 2 is 1.90 bits per heavy atom. The van der Waals surface area contributed by atoms with Crippen LogP contribution < -0.4 is 5.76 Å². The summed E-state index contributed by atoms with van der Waals surface area (Å²) >= 11 is 0. The molecule has 0 unspecified atom stereocenters. The summed E-state index contributed by atoms with van der Waals surface area (Å²) in [7, 11) is 0. The van der Waals surface area contributed by atoms with E-state index in [0.717, 1.165) is 11.1 Å². The number of hydrogen-bond acceptors (Lipinski definition) is 6. The van der Waals surface area contributed by atoms with Gasteiger partial charge in [-0.3, -0.25) is 14.0 Å². The van der Waals surface area contributed by atoms with Gasteiger partial charge in [-0.2, -0.15) is 0 Å². The van der Waals surface area contributed by atoms with E-state index in [4.69, 9.17) is 9.26 Å².